The minimum absolute atomic E-state index is 0.880. The molecule has 0 unspecified atom stereocenters. The molecule has 1 saturated carbocycles. The Kier molecular flexibility index (Phi) is 10.7. The van der Waals surface area contributed by atoms with E-state index in [0.717, 1.165) is 12.5 Å². The zero-order valence-corrected chi connectivity index (χ0v) is 12.5. The molecular weight excluding hydrogens is 218 g/mol. The van der Waals surface area contributed by atoms with Crippen LogP contribution < -0.4 is 5.73 Å². The molecule has 1 fully saturated rings. The molecule has 1 aliphatic carbocycles. The summed E-state index contributed by atoms with van der Waals surface area (Å²) in [5.41, 5.74) is 5.56. The number of rotatable bonds is 5. The van der Waals surface area contributed by atoms with Crippen LogP contribution in [-0.2, 0) is 0 Å². The van der Waals surface area contributed by atoms with Gasteiger partial charge < -0.3 is 5.73 Å². The Labute approximate surface area is 115 Å². The van der Waals surface area contributed by atoms with E-state index in [4.69, 9.17) is 5.73 Å². The van der Waals surface area contributed by atoms with Gasteiger partial charge in [-0.15, -0.1) is 0 Å². The van der Waals surface area contributed by atoms with Crippen molar-refractivity contribution in [1.82, 2.24) is 0 Å². The fourth-order valence-corrected chi connectivity index (χ4v) is 3.29. The Hall–Kier alpha value is -0.0400. The molecule has 1 rings (SSSR count). The average molecular weight is 253 g/mol. The summed E-state index contributed by atoms with van der Waals surface area (Å²) in [7, 11) is 0. The number of nitrogens with two attached hydrogens (primary N) is 1. The van der Waals surface area contributed by atoms with Gasteiger partial charge in [-0.1, -0.05) is 89.9 Å². The summed E-state index contributed by atoms with van der Waals surface area (Å²) >= 11 is 0. The van der Waals surface area contributed by atoms with E-state index in [9.17, 15) is 0 Å². The van der Waals surface area contributed by atoms with Gasteiger partial charge in [0, 0.05) is 0 Å². The molecule has 1 aliphatic rings. The van der Waals surface area contributed by atoms with Gasteiger partial charge in [-0.3, -0.25) is 0 Å². The first kappa shape index (κ1) is 16.0. The normalized spacial score (nSPS) is 21.2. The SMILES string of the molecule is NCCCCCC1CCCCCCCCCCC1. The summed E-state index contributed by atoms with van der Waals surface area (Å²) in [6, 6.07) is 0. The number of unbranched alkanes of at least 4 members (excludes halogenated alkanes) is 2. The van der Waals surface area contributed by atoms with Crippen molar-refractivity contribution >= 4 is 0 Å². The van der Waals surface area contributed by atoms with Gasteiger partial charge >= 0.3 is 0 Å². The Balaban J connectivity index is 2.14. The molecule has 0 radical (unpaired) electrons. The molecule has 0 aromatic carbocycles. The Morgan fingerprint density at radius 2 is 1.11 bits per heavy atom. The van der Waals surface area contributed by atoms with E-state index < -0.39 is 0 Å². The first-order valence-electron chi connectivity index (χ1n) is 8.63. The highest BCUT2D eigenvalue weighted by Crippen LogP contribution is 2.25. The summed E-state index contributed by atoms with van der Waals surface area (Å²) in [5.74, 6) is 1.03. The molecule has 0 spiro atoms. The molecule has 18 heavy (non-hydrogen) atoms. The lowest BCUT2D eigenvalue weighted by Crippen LogP contribution is -2.03. The summed E-state index contributed by atoms with van der Waals surface area (Å²) in [4.78, 5) is 0. The summed E-state index contributed by atoms with van der Waals surface area (Å²) in [6.07, 6.45) is 21.9. The van der Waals surface area contributed by atoms with Crippen molar-refractivity contribution in [2.24, 2.45) is 11.7 Å². The monoisotopic (exact) mass is 253 g/mol. The number of hydrogen-bond acceptors (Lipinski definition) is 1. The predicted molar refractivity (Wildman–Crippen MR) is 81.8 cm³/mol. The van der Waals surface area contributed by atoms with Crippen LogP contribution in [0.15, 0.2) is 0 Å². The fourth-order valence-electron chi connectivity index (χ4n) is 3.29. The third-order valence-corrected chi connectivity index (χ3v) is 4.54. The van der Waals surface area contributed by atoms with Crippen molar-refractivity contribution in [1.29, 1.82) is 0 Å². The predicted octanol–water partition coefficient (Wildman–Crippen LogP) is 5.43. The number of hydrogen-bond donors (Lipinski definition) is 1. The lowest BCUT2D eigenvalue weighted by atomic mass is 9.89. The highest BCUT2D eigenvalue weighted by molar-refractivity contribution is 4.62. The lowest BCUT2D eigenvalue weighted by molar-refractivity contribution is 0.362. The quantitative estimate of drug-likeness (QED) is 0.650. The van der Waals surface area contributed by atoms with Crippen LogP contribution in [0.4, 0.5) is 0 Å². The van der Waals surface area contributed by atoms with Gasteiger partial charge in [-0.25, -0.2) is 0 Å². The van der Waals surface area contributed by atoms with Gasteiger partial charge in [-0.05, 0) is 18.9 Å². The molecule has 0 aromatic rings. The first-order valence-corrected chi connectivity index (χ1v) is 8.63. The molecule has 1 heteroatoms. The van der Waals surface area contributed by atoms with Crippen LogP contribution in [0.5, 0.6) is 0 Å². The first-order chi connectivity index (χ1) is 8.93. The van der Waals surface area contributed by atoms with Crippen LogP contribution in [0.3, 0.4) is 0 Å². The third kappa shape index (κ3) is 8.97. The van der Waals surface area contributed by atoms with Crippen molar-refractivity contribution in [3.63, 3.8) is 0 Å². The second-order valence-corrected chi connectivity index (χ2v) is 6.26. The van der Waals surface area contributed by atoms with E-state index in [2.05, 4.69) is 0 Å². The minimum Gasteiger partial charge on any atom is -0.330 e. The maximum absolute atomic E-state index is 5.56. The van der Waals surface area contributed by atoms with Crippen LogP contribution in [0.25, 0.3) is 0 Å². The maximum Gasteiger partial charge on any atom is -0.00773 e. The molecule has 0 heterocycles. The second-order valence-electron chi connectivity index (χ2n) is 6.26. The van der Waals surface area contributed by atoms with E-state index in [1.807, 2.05) is 0 Å². The molecular formula is C17H35N. The van der Waals surface area contributed by atoms with Crippen molar-refractivity contribution in [2.45, 2.75) is 96.3 Å². The molecule has 2 N–H and O–H groups in total. The van der Waals surface area contributed by atoms with Crippen molar-refractivity contribution in [3.05, 3.63) is 0 Å². The second kappa shape index (κ2) is 12.0. The van der Waals surface area contributed by atoms with Gasteiger partial charge in [-0.2, -0.15) is 0 Å². The molecule has 108 valence electrons. The van der Waals surface area contributed by atoms with Crippen LogP contribution in [-0.4, -0.2) is 6.54 Å². The average Bonchev–Trinajstić information content (AvgIpc) is 2.37. The van der Waals surface area contributed by atoms with E-state index >= 15 is 0 Å². The smallest absolute Gasteiger partial charge is 0.00773 e. The Morgan fingerprint density at radius 3 is 1.61 bits per heavy atom. The molecule has 0 aromatic heterocycles. The van der Waals surface area contributed by atoms with E-state index in [-0.39, 0.29) is 0 Å². The summed E-state index contributed by atoms with van der Waals surface area (Å²) < 4.78 is 0. The van der Waals surface area contributed by atoms with Crippen molar-refractivity contribution < 1.29 is 0 Å². The third-order valence-electron chi connectivity index (χ3n) is 4.54. The van der Waals surface area contributed by atoms with Crippen LogP contribution in [0.1, 0.15) is 96.3 Å². The largest absolute Gasteiger partial charge is 0.330 e. The zero-order valence-electron chi connectivity index (χ0n) is 12.5. The highest BCUT2D eigenvalue weighted by Gasteiger charge is 2.09. The maximum atomic E-state index is 5.56. The standard InChI is InChI=1S/C17H35N/c18-16-12-8-11-15-17-13-9-6-4-2-1-3-5-7-10-14-17/h17H,1-16,18H2. The zero-order chi connectivity index (χ0) is 12.9. The van der Waals surface area contributed by atoms with Gasteiger partial charge in [0.25, 0.3) is 0 Å². The molecule has 0 aliphatic heterocycles. The van der Waals surface area contributed by atoms with Crippen LogP contribution in [0.2, 0.25) is 0 Å². The minimum atomic E-state index is 0.880. The van der Waals surface area contributed by atoms with Gasteiger partial charge in [0.2, 0.25) is 0 Å². The van der Waals surface area contributed by atoms with Gasteiger partial charge in [0.15, 0.2) is 0 Å². The molecule has 0 amide bonds. The molecule has 1 nitrogen and oxygen atoms in total. The molecule has 0 atom stereocenters. The van der Waals surface area contributed by atoms with Gasteiger partial charge in [0.1, 0.15) is 0 Å². The molecule has 0 saturated heterocycles. The molecule has 0 bridgehead atoms. The van der Waals surface area contributed by atoms with Crippen LogP contribution >= 0.6 is 0 Å². The summed E-state index contributed by atoms with van der Waals surface area (Å²) in [6.45, 7) is 0.880. The Morgan fingerprint density at radius 1 is 0.611 bits per heavy atom. The lowest BCUT2D eigenvalue weighted by Gasteiger charge is -2.17. The fraction of sp³-hybridized carbons (Fsp3) is 1.00. The van der Waals surface area contributed by atoms with Gasteiger partial charge in [0.05, 0.1) is 0 Å². The van der Waals surface area contributed by atoms with E-state index in [1.165, 1.54) is 96.3 Å². The van der Waals surface area contributed by atoms with Crippen LogP contribution in [0, 0.1) is 5.92 Å². The Bertz CT molecular complexity index is 152. The van der Waals surface area contributed by atoms with E-state index in [0.29, 0.717) is 0 Å². The summed E-state index contributed by atoms with van der Waals surface area (Å²) in [5, 5.41) is 0. The van der Waals surface area contributed by atoms with Crippen molar-refractivity contribution in [2.75, 3.05) is 6.54 Å². The van der Waals surface area contributed by atoms with Crippen molar-refractivity contribution in [3.8, 4) is 0 Å². The topological polar surface area (TPSA) is 26.0 Å². The van der Waals surface area contributed by atoms with E-state index in [1.54, 1.807) is 0 Å². The highest BCUT2D eigenvalue weighted by atomic mass is 14.5.